The van der Waals surface area contributed by atoms with E-state index in [0.29, 0.717) is 12.6 Å². The Kier molecular flexibility index (Phi) is 7.38. The van der Waals surface area contributed by atoms with Crippen LogP contribution in [0.5, 0.6) is 0 Å². The largest absolute Gasteiger partial charge is 0.417 e. The lowest BCUT2D eigenvalue weighted by Crippen LogP contribution is -2.18. The van der Waals surface area contributed by atoms with Crippen LogP contribution in [0.4, 0.5) is 18.9 Å². The van der Waals surface area contributed by atoms with E-state index in [1.54, 1.807) is 7.05 Å². The predicted octanol–water partition coefficient (Wildman–Crippen LogP) is 4.14. The van der Waals surface area contributed by atoms with E-state index >= 15 is 0 Å². The van der Waals surface area contributed by atoms with Crippen LogP contribution in [0.1, 0.15) is 5.56 Å². The first kappa shape index (κ1) is 23.0. The Balaban J connectivity index is 2.45. The average Bonchev–Trinajstić information content (AvgIpc) is 2.58. The molecule has 0 fully saturated rings. The van der Waals surface area contributed by atoms with Gasteiger partial charge in [0.2, 0.25) is 0 Å². The molecule has 154 valence electrons. The van der Waals surface area contributed by atoms with Gasteiger partial charge in [0, 0.05) is 17.3 Å². The molecule has 5 nitrogen and oxygen atoms in total. The highest BCUT2D eigenvalue weighted by Gasteiger charge is 2.34. The molecule has 0 bridgehead atoms. The highest BCUT2D eigenvalue weighted by atomic mass is 35.5. The summed E-state index contributed by atoms with van der Waals surface area (Å²) >= 11 is 11.4. The van der Waals surface area contributed by atoms with Crippen molar-refractivity contribution in [1.82, 2.24) is 5.32 Å². The molecule has 1 unspecified atom stereocenters. The number of anilines is 1. The molecule has 0 heterocycles. The molecular weight excluding hydrogens is 460 g/mol. The third-order valence-electron chi connectivity index (χ3n) is 3.52. The smallest absolute Gasteiger partial charge is 0.319 e. The van der Waals surface area contributed by atoms with Gasteiger partial charge < -0.3 is 5.32 Å². The fraction of sp³-hybridized carbons (Fsp3) is 0.250. The number of halogens is 5. The van der Waals surface area contributed by atoms with Crippen LogP contribution >= 0.6 is 23.2 Å². The second-order valence-corrected chi connectivity index (χ2v) is 9.60. The lowest BCUT2D eigenvalue weighted by molar-refractivity contribution is -0.137. The fourth-order valence-corrected chi connectivity index (χ4v) is 4.92. The summed E-state index contributed by atoms with van der Waals surface area (Å²) in [6.07, 6.45) is -4.82. The van der Waals surface area contributed by atoms with Gasteiger partial charge in [-0.3, -0.25) is 8.93 Å². The van der Waals surface area contributed by atoms with Crippen LogP contribution < -0.4 is 10.0 Å². The Morgan fingerprint density at radius 1 is 1.11 bits per heavy atom. The Labute approximate surface area is 172 Å². The van der Waals surface area contributed by atoms with Gasteiger partial charge in [-0.25, -0.2) is 8.42 Å². The molecule has 28 heavy (non-hydrogen) atoms. The molecule has 0 aliphatic rings. The summed E-state index contributed by atoms with van der Waals surface area (Å²) in [5.41, 5.74) is -1.36. The third-order valence-corrected chi connectivity index (χ3v) is 6.87. The minimum atomic E-state index is -4.82. The molecule has 0 saturated carbocycles. The number of hydrogen-bond acceptors (Lipinski definition) is 4. The molecule has 0 radical (unpaired) electrons. The number of hydrogen-bond donors (Lipinski definition) is 2. The van der Waals surface area contributed by atoms with Crippen molar-refractivity contribution in [2.24, 2.45) is 0 Å². The quantitative estimate of drug-likeness (QED) is 0.632. The van der Waals surface area contributed by atoms with Gasteiger partial charge in [0.1, 0.15) is 0 Å². The number of sulfonamides is 1. The van der Waals surface area contributed by atoms with Crippen LogP contribution in [0, 0.1) is 0 Å². The highest BCUT2D eigenvalue weighted by Crippen LogP contribution is 2.36. The Morgan fingerprint density at radius 2 is 1.79 bits per heavy atom. The molecule has 2 rings (SSSR count). The molecule has 2 aromatic rings. The second kappa shape index (κ2) is 9.00. The lowest BCUT2D eigenvalue weighted by Gasteiger charge is -2.15. The molecule has 12 heteroatoms. The number of alkyl halides is 3. The van der Waals surface area contributed by atoms with E-state index in [2.05, 4.69) is 10.0 Å². The van der Waals surface area contributed by atoms with Crippen molar-refractivity contribution >= 4 is 49.7 Å². The zero-order chi connectivity index (χ0) is 21.1. The Hall–Kier alpha value is -1.33. The zero-order valence-corrected chi connectivity index (χ0v) is 17.5. The van der Waals surface area contributed by atoms with Crippen LogP contribution in [0.3, 0.4) is 0 Å². The normalized spacial score (nSPS) is 13.4. The Morgan fingerprint density at radius 3 is 2.39 bits per heavy atom. The standard InChI is InChI=1S/C16H15Cl2F3N2O3S2/c1-22-6-7-27(24)15-5-2-10(17)8-14(15)23-28(25,26)11-3-4-13(18)12(9-11)16(19,20)21/h2-5,8-9,22-23H,6-7H2,1H3. The number of nitrogens with one attached hydrogen (secondary N) is 2. The van der Waals surface area contributed by atoms with Gasteiger partial charge >= 0.3 is 6.18 Å². The van der Waals surface area contributed by atoms with Gasteiger partial charge in [0.05, 0.1) is 36.9 Å². The van der Waals surface area contributed by atoms with Crippen LogP contribution in [-0.4, -0.2) is 32.0 Å². The minimum absolute atomic E-state index is 0.0783. The van der Waals surface area contributed by atoms with Crippen molar-refractivity contribution in [2.75, 3.05) is 24.1 Å². The molecular formula is C16H15Cl2F3N2O3S2. The first-order chi connectivity index (χ1) is 13.0. The maximum atomic E-state index is 13.0. The third kappa shape index (κ3) is 5.60. The summed E-state index contributed by atoms with van der Waals surface area (Å²) in [6.45, 7) is 0.410. The molecule has 2 aromatic carbocycles. The van der Waals surface area contributed by atoms with Crippen molar-refractivity contribution in [1.29, 1.82) is 0 Å². The zero-order valence-electron chi connectivity index (χ0n) is 14.3. The summed E-state index contributed by atoms with van der Waals surface area (Å²) in [4.78, 5) is -0.482. The monoisotopic (exact) mass is 474 g/mol. The van der Waals surface area contributed by atoms with Crippen molar-refractivity contribution in [2.45, 2.75) is 16.0 Å². The van der Waals surface area contributed by atoms with Gasteiger partial charge in [-0.15, -0.1) is 0 Å². The van der Waals surface area contributed by atoms with Crippen LogP contribution in [0.25, 0.3) is 0 Å². The summed E-state index contributed by atoms with van der Waals surface area (Å²) in [5, 5.41) is 2.37. The van der Waals surface area contributed by atoms with Gasteiger partial charge in [-0.1, -0.05) is 23.2 Å². The van der Waals surface area contributed by atoms with E-state index in [0.717, 1.165) is 12.1 Å². The molecule has 0 spiro atoms. The molecule has 1 atom stereocenters. The van der Waals surface area contributed by atoms with Crippen LogP contribution in [0.15, 0.2) is 46.2 Å². The molecule has 0 aromatic heterocycles. The molecule has 0 amide bonds. The summed E-state index contributed by atoms with van der Waals surface area (Å²) in [6, 6.07) is 6.31. The first-order valence-corrected chi connectivity index (χ1v) is 11.2. The second-order valence-electron chi connectivity index (χ2n) is 5.54. The van der Waals surface area contributed by atoms with Crippen LogP contribution in [-0.2, 0) is 27.0 Å². The van der Waals surface area contributed by atoms with E-state index in [-0.39, 0.29) is 21.4 Å². The van der Waals surface area contributed by atoms with E-state index in [1.807, 2.05) is 0 Å². The van der Waals surface area contributed by atoms with E-state index in [4.69, 9.17) is 23.2 Å². The van der Waals surface area contributed by atoms with E-state index in [1.165, 1.54) is 18.2 Å². The Bertz CT molecular complexity index is 999. The minimum Gasteiger partial charge on any atom is -0.319 e. The molecule has 0 aliphatic carbocycles. The number of rotatable bonds is 7. The van der Waals surface area contributed by atoms with E-state index in [9.17, 15) is 25.8 Å². The van der Waals surface area contributed by atoms with Crippen molar-refractivity contribution in [3.05, 3.63) is 52.0 Å². The molecule has 0 aliphatic heterocycles. The van der Waals surface area contributed by atoms with Crippen molar-refractivity contribution in [3.8, 4) is 0 Å². The van der Waals surface area contributed by atoms with Crippen LogP contribution in [0.2, 0.25) is 10.0 Å². The summed E-state index contributed by atoms with van der Waals surface area (Å²) < 4.78 is 78.9. The van der Waals surface area contributed by atoms with Gasteiger partial charge in [-0.2, -0.15) is 13.2 Å². The molecule has 2 N–H and O–H groups in total. The first-order valence-electron chi connectivity index (χ1n) is 7.68. The summed E-state index contributed by atoms with van der Waals surface area (Å²) in [5.74, 6) is 0.200. The van der Waals surface area contributed by atoms with Gasteiger partial charge in [-0.05, 0) is 43.4 Å². The number of benzene rings is 2. The average molecular weight is 475 g/mol. The van der Waals surface area contributed by atoms with Gasteiger partial charge in [0.15, 0.2) is 0 Å². The molecule has 0 saturated heterocycles. The fourth-order valence-electron chi connectivity index (χ4n) is 2.18. The van der Waals surface area contributed by atoms with Gasteiger partial charge in [0.25, 0.3) is 10.0 Å². The SMILES string of the molecule is CNCCS(=O)c1ccc(Cl)cc1NS(=O)(=O)c1ccc(Cl)c(C(F)(F)F)c1. The maximum Gasteiger partial charge on any atom is 0.417 e. The topological polar surface area (TPSA) is 75.3 Å². The highest BCUT2D eigenvalue weighted by molar-refractivity contribution is 7.92. The maximum absolute atomic E-state index is 13.0. The summed E-state index contributed by atoms with van der Waals surface area (Å²) in [7, 11) is -4.32. The lowest BCUT2D eigenvalue weighted by atomic mass is 10.2. The van der Waals surface area contributed by atoms with Crippen molar-refractivity contribution < 1.29 is 25.8 Å². The predicted molar refractivity (Wildman–Crippen MR) is 104 cm³/mol. The van der Waals surface area contributed by atoms with Crippen molar-refractivity contribution in [3.63, 3.8) is 0 Å². The van der Waals surface area contributed by atoms with E-state index < -0.39 is 42.5 Å².